The van der Waals surface area contributed by atoms with Gasteiger partial charge in [0.15, 0.2) is 0 Å². The first-order valence-corrected chi connectivity index (χ1v) is 5.38. The zero-order valence-corrected chi connectivity index (χ0v) is 8.34. The summed E-state index contributed by atoms with van der Waals surface area (Å²) in [5, 5.41) is 0. The lowest BCUT2D eigenvalue weighted by atomic mass is 9.96. The summed E-state index contributed by atoms with van der Waals surface area (Å²) in [7, 11) is 0. The van der Waals surface area contributed by atoms with E-state index in [-0.39, 0.29) is 0 Å². The van der Waals surface area contributed by atoms with Crippen molar-refractivity contribution in [2.75, 3.05) is 6.54 Å². The lowest BCUT2D eigenvalue weighted by Gasteiger charge is -2.09. The molecule has 12 heavy (non-hydrogen) atoms. The highest BCUT2D eigenvalue weighted by molar-refractivity contribution is 5.08. The molecule has 0 aromatic rings. The van der Waals surface area contributed by atoms with Crippen molar-refractivity contribution in [1.29, 1.82) is 0 Å². The molecule has 0 amide bonds. The van der Waals surface area contributed by atoms with Crippen molar-refractivity contribution < 1.29 is 0 Å². The predicted octanol–water partition coefficient (Wildman–Crippen LogP) is 2.41. The van der Waals surface area contributed by atoms with E-state index in [0.29, 0.717) is 5.41 Å². The van der Waals surface area contributed by atoms with Crippen LogP contribution in [0.25, 0.3) is 0 Å². The van der Waals surface area contributed by atoms with E-state index in [1.54, 1.807) is 0 Å². The van der Waals surface area contributed by atoms with Gasteiger partial charge in [0.05, 0.1) is 0 Å². The summed E-state index contributed by atoms with van der Waals surface area (Å²) in [4.78, 5) is 0. The van der Waals surface area contributed by atoms with Gasteiger partial charge in [-0.2, -0.15) is 0 Å². The van der Waals surface area contributed by atoms with Gasteiger partial charge in [-0.15, -0.1) is 0 Å². The second-order valence-electron chi connectivity index (χ2n) is 5.23. The molecule has 1 heteroatoms. The van der Waals surface area contributed by atoms with E-state index in [1.165, 1.54) is 25.7 Å². The Bertz CT molecular complexity index is 168. The highest BCUT2D eigenvalue weighted by atomic mass is 14.7. The Morgan fingerprint density at radius 2 is 1.83 bits per heavy atom. The molecule has 0 aliphatic heterocycles. The summed E-state index contributed by atoms with van der Waals surface area (Å²) >= 11 is 0. The maximum atomic E-state index is 5.77. The van der Waals surface area contributed by atoms with Crippen LogP contribution < -0.4 is 5.73 Å². The summed E-state index contributed by atoms with van der Waals surface area (Å²) in [6.45, 7) is 5.70. The Balaban J connectivity index is 1.97. The van der Waals surface area contributed by atoms with Crippen molar-refractivity contribution in [3.63, 3.8) is 0 Å². The third-order valence-electron chi connectivity index (χ3n) is 4.30. The topological polar surface area (TPSA) is 26.0 Å². The molecular weight excluding hydrogens is 146 g/mol. The van der Waals surface area contributed by atoms with Gasteiger partial charge in [0, 0.05) is 0 Å². The van der Waals surface area contributed by atoms with Crippen LogP contribution >= 0.6 is 0 Å². The van der Waals surface area contributed by atoms with E-state index in [4.69, 9.17) is 5.73 Å². The highest BCUT2D eigenvalue weighted by Crippen LogP contribution is 2.63. The van der Waals surface area contributed by atoms with Gasteiger partial charge in [-0.25, -0.2) is 0 Å². The van der Waals surface area contributed by atoms with Crippen LogP contribution in [0.5, 0.6) is 0 Å². The third-order valence-corrected chi connectivity index (χ3v) is 4.30. The molecule has 2 atom stereocenters. The van der Waals surface area contributed by atoms with Crippen molar-refractivity contribution in [1.82, 2.24) is 0 Å². The van der Waals surface area contributed by atoms with Crippen molar-refractivity contribution in [2.45, 2.75) is 39.5 Å². The lowest BCUT2D eigenvalue weighted by molar-refractivity contribution is 0.401. The molecule has 0 spiro atoms. The number of rotatable bonds is 2. The molecular formula is C11H21N. The normalized spacial score (nSPS) is 40.2. The van der Waals surface area contributed by atoms with Crippen molar-refractivity contribution in [2.24, 2.45) is 28.9 Å². The predicted molar refractivity (Wildman–Crippen MR) is 51.8 cm³/mol. The zero-order chi connectivity index (χ0) is 8.77. The molecule has 70 valence electrons. The summed E-state index contributed by atoms with van der Waals surface area (Å²) in [6.07, 6.45) is 5.89. The zero-order valence-electron chi connectivity index (χ0n) is 8.34. The summed E-state index contributed by atoms with van der Waals surface area (Å²) in [5.74, 6) is 2.82. The maximum absolute atomic E-state index is 5.77. The highest BCUT2D eigenvalue weighted by Gasteiger charge is 2.59. The van der Waals surface area contributed by atoms with Gasteiger partial charge in [-0.05, 0) is 29.7 Å². The molecule has 0 radical (unpaired) electrons. The summed E-state index contributed by atoms with van der Waals surface area (Å²) in [5.41, 5.74) is 6.34. The fourth-order valence-electron chi connectivity index (χ4n) is 3.49. The maximum Gasteiger partial charge on any atom is -0.00407 e. The van der Waals surface area contributed by atoms with Crippen LogP contribution in [0.15, 0.2) is 0 Å². The van der Waals surface area contributed by atoms with Crippen LogP contribution in [-0.4, -0.2) is 6.54 Å². The monoisotopic (exact) mass is 167 g/mol. The van der Waals surface area contributed by atoms with Gasteiger partial charge >= 0.3 is 0 Å². The van der Waals surface area contributed by atoms with Gasteiger partial charge < -0.3 is 5.73 Å². The average Bonchev–Trinajstić information content (AvgIpc) is 2.50. The molecule has 0 bridgehead atoms. The van der Waals surface area contributed by atoms with E-state index < -0.39 is 0 Å². The molecule has 0 unspecified atom stereocenters. The Morgan fingerprint density at radius 3 is 2.25 bits per heavy atom. The van der Waals surface area contributed by atoms with Crippen LogP contribution in [0, 0.1) is 23.2 Å². The first-order valence-electron chi connectivity index (χ1n) is 5.38. The van der Waals surface area contributed by atoms with Crippen molar-refractivity contribution in [3.8, 4) is 0 Å². The fraction of sp³-hybridized carbons (Fsp3) is 1.00. The van der Waals surface area contributed by atoms with Crippen LogP contribution in [0.4, 0.5) is 0 Å². The van der Waals surface area contributed by atoms with Crippen LogP contribution in [0.2, 0.25) is 0 Å². The van der Waals surface area contributed by atoms with Crippen LogP contribution in [0.1, 0.15) is 39.5 Å². The van der Waals surface area contributed by atoms with E-state index in [2.05, 4.69) is 13.8 Å². The first kappa shape index (κ1) is 8.55. The third kappa shape index (κ3) is 1.10. The van der Waals surface area contributed by atoms with Gasteiger partial charge in [0.25, 0.3) is 0 Å². The van der Waals surface area contributed by atoms with E-state index >= 15 is 0 Å². The largest absolute Gasteiger partial charge is 0.330 e. The molecule has 2 saturated carbocycles. The molecule has 0 heterocycles. The molecule has 2 N–H and O–H groups in total. The van der Waals surface area contributed by atoms with Crippen LogP contribution in [-0.2, 0) is 0 Å². The molecule has 2 fully saturated rings. The number of hydrogen-bond donors (Lipinski definition) is 1. The average molecular weight is 167 g/mol. The van der Waals surface area contributed by atoms with Gasteiger partial charge in [0.2, 0.25) is 0 Å². The van der Waals surface area contributed by atoms with E-state index in [0.717, 1.165) is 24.3 Å². The smallest absolute Gasteiger partial charge is 0.00407 e. The standard InChI is InChI=1S/C11H21N/c1-11(2)9(7-12)10(11)8-5-3-4-6-8/h8-10H,3-7,12H2,1-2H3/t9-,10-/m0/s1. The number of nitrogens with two attached hydrogens (primary N) is 1. The Kier molecular flexibility index (Phi) is 1.95. The first-order chi connectivity index (χ1) is 5.68. The Labute approximate surface area is 75.7 Å². The Hall–Kier alpha value is -0.0400. The minimum Gasteiger partial charge on any atom is -0.330 e. The minimum absolute atomic E-state index is 0.573. The molecule has 0 aromatic carbocycles. The second-order valence-corrected chi connectivity index (χ2v) is 5.23. The lowest BCUT2D eigenvalue weighted by Crippen LogP contribution is -2.06. The molecule has 2 aliphatic carbocycles. The van der Waals surface area contributed by atoms with Crippen LogP contribution in [0.3, 0.4) is 0 Å². The fourth-order valence-corrected chi connectivity index (χ4v) is 3.49. The van der Waals surface area contributed by atoms with Crippen molar-refractivity contribution in [3.05, 3.63) is 0 Å². The second kappa shape index (κ2) is 2.73. The quantitative estimate of drug-likeness (QED) is 0.671. The summed E-state index contributed by atoms with van der Waals surface area (Å²) < 4.78 is 0. The van der Waals surface area contributed by atoms with E-state index in [9.17, 15) is 0 Å². The molecule has 1 nitrogen and oxygen atoms in total. The molecule has 2 aliphatic rings. The molecule has 0 aromatic heterocycles. The van der Waals surface area contributed by atoms with E-state index in [1.807, 2.05) is 0 Å². The van der Waals surface area contributed by atoms with Gasteiger partial charge in [-0.3, -0.25) is 0 Å². The van der Waals surface area contributed by atoms with Gasteiger partial charge in [-0.1, -0.05) is 39.5 Å². The molecule has 0 saturated heterocycles. The SMILES string of the molecule is CC1(C)[C@@H](CN)[C@@H]1C1CCCC1. The minimum atomic E-state index is 0.573. The van der Waals surface area contributed by atoms with Gasteiger partial charge in [0.1, 0.15) is 0 Å². The number of hydrogen-bond acceptors (Lipinski definition) is 1. The summed E-state index contributed by atoms with van der Waals surface area (Å²) in [6, 6.07) is 0. The van der Waals surface area contributed by atoms with Crippen molar-refractivity contribution >= 4 is 0 Å². The molecule has 2 rings (SSSR count). The Morgan fingerprint density at radius 1 is 1.25 bits per heavy atom.